The van der Waals surface area contributed by atoms with E-state index in [2.05, 4.69) is 121 Å². The average Bonchev–Trinajstić information content (AvgIpc) is 0.766. The molecule has 608 valence electrons. The molecule has 0 N–H and O–H groups in total. The fourth-order valence-corrected chi connectivity index (χ4v) is 24.4. The fraction of sp³-hybridized carbons (Fsp3) is 0.269. The summed E-state index contributed by atoms with van der Waals surface area (Å²) < 4.78 is 59.5. The minimum atomic E-state index is -1.62. The Bertz CT molecular complexity index is 4650. The molecule has 5 aliphatic rings. The summed E-state index contributed by atoms with van der Waals surface area (Å²) in [5.41, 5.74) is 5.51. The molecule has 4 saturated carbocycles. The Morgan fingerprint density at radius 3 is 0.508 bits per heavy atom. The molecule has 0 unspecified atom stereocenters. The second-order valence-corrected chi connectivity index (χ2v) is 39.4. The molecule has 0 spiro atoms. The van der Waals surface area contributed by atoms with Crippen molar-refractivity contribution >= 4 is 98.9 Å². The van der Waals surface area contributed by atoms with Gasteiger partial charge in [0.15, 0.2) is 32.6 Å². The molecule has 4 fully saturated rings. The predicted molar refractivity (Wildman–Crippen MR) is 485 cm³/mol. The Morgan fingerprint density at radius 1 is 0.192 bits per heavy atom. The van der Waals surface area contributed by atoms with Crippen LogP contribution in [0.2, 0.25) is 0 Å². The lowest BCUT2D eigenvalue weighted by molar-refractivity contribution is -0.141. The van der Waals surface area contributed by atoms with E-state index in [0.717, 1.165) is 142 Å². The molecule has 120 heavy (non-hydrogen) atoms. The van der Waals surface area contributed by atoms with Crippen LogP contribution in [0.3, 0.4) is 0 Å². The average molecular weight is 1670 g/mol. The zero-order valence-electron chi connectivity index (χ0n) is 67.7. The molecule has 0 radical (unpaired) electrons. The van der Waals surface area contributed by atoms with Crippen LogP contribution in [0.4, 0.5) is 0 Å². The van der Waals surface area contributed by atoms with E-state index < -0.39 is 32.6 Å². The van der Waals surface area contributed by atoms with Crippen molar-refractivity contribution in [2.75, 3.05) is 0 Å². The zero-order valence-corrected chi connectivity index (χ0v) is 71.3. The first-order valence-electron chi connectivity index (χ1n) is 42.9. The third kappa shape index (κ3) is 20.2. The van der Waals surface area contributed by atoms with E-state index in [9.17, 15) is 0 Å². The van der Waals surface area contributed by atoms with Crippen LogP contribution in [0.25, 0.3) is 0 Å². The molecule has 0 atom stereocenters. The Balaban J connectivity index is 0.961. The molecule has 12 aromatic carbocycles. The molecular weight excluding hydrogens is 1570 g/mol. The number of hydrogen-bond acceptors (Lipinski definition) is 12. The standard InChI is InChI=1S/C104H100O12P4/c105-101(73-37-13-1-14-38-73)109-93-69-94(110-102(106)74-39-15-2-16-40-74)78-61-77(93)63-81-67-83(98(114-118(87-49-25-7-26-50-87)88-51-27-8-28-52-88)71-97(81)113-117(85-45-21-5-22-46-85)86-47-23-6-24-48-86)65-79-62-80(96(112-104(108)76-43-19-4-20-44-76)70-95(79)111-103(107)75-41-17-3-18-42-75)66-84-68-82(64-78)99(115-119(89-53-29-9-30-54-89)90-55-31-10-32-56-90)72-100(84)116-120(91-57-33-11-34-58-91)92-59-35-12-36-60-92/h5-12,21-36,45-62,67-76H,1-4,13-20,37-44,63-66H2. The highest BCUT2D eigenvalue weighted by Crippen LogP contribution is 2.51. The fourth-order valence-electron chi connectivity index (χ4n) is 17.3. The Labute approximate surface area is 710 Å². The van der Waals surface area contributed by atoms with E-state index in [-0.39, 0.29) is 96.2 Å². The Morgan fingerprint density at radius 2 is 0.342 bits per heavy atom. The number of carbonyl (C=O) groups is 4. The molecule has 12 aromatic rings. The molecule has 0 heterocycles. The van der Waals surface area contributed by atoms with Crippen LogP contribution in [0.5, 0.6) is 46.0 Å². The van der Waals surface area contributed by atoms with Gasteiger partial charge in [0.25, 0.3) is 0 Å². The van der Waals surface area contributed by atoms with Crippen molar-refractivity contribution in [2.24, 2.45) is 23.7 Å². The maximum atomic E-state index is 15.3. The highest BCUT2D eigenvalue weighted by atomic mass is 31.1. The molecule has 16 heteroatoms. The minimum Gasteiger partial charge on any atom is -0.464 e. The summed E-state index contributed by atoms with van der Waals surface area (Å²) in [6.07, 6.45) is 17.4. The summed E-state index contributed by atoms with van der Waals surface area (Å²) >= 11 is 0. The van der Waals surface area contributed by atoms with Crippen LogP contribution in [-0.4, -0.2) is 23.9 Å². The van der Waals surface area contributed by atoms with Gasteiger partial charge in [0.1, 0.15) is 46.0 Å². The SMILES string of the molecule is O=C(Oc1cc(OC(=O)C2CCCCC2)c2cc1Cc1cc(c(OP(c3ccccc3)c3ccccc3)cc1OP(c1ccccc1)c1ccccc1)Cc1cc(c(OC(=O)C3CCCCC3)cc1OC(=O)C1CCCCC1)Cc1cc(c(OP(c3ccccc3)c3ccccc3)cc1OP(c1ccccc1)c1ccccc1)C2)C1CCCCC1. The lowest BCUT2D eigenvalue weighted by Gasteiger charge is -2.28. The van der Waals surface area contributed by atoms with E-state index >= 15 is 19.2 Å². The van der Waals surface area contributed by atoms with Crippen LogP contribution < -0.4 is 79.5 Å². The molecule has 12 nitrogen and oxygen atoms in total. The highest BCUT2D eigenvalue weighted by molar-refractivity contribution is 7.70. The van der Waals surface area contributed by atoms with Gasteiger partial charge in [0, 0.05) is 92.4 Å². The van der Waals surface area contributed by atoms with Crippen molar-refractivity contribution in [3.05, 3.63) is 336 Å². The van der Waals surface area contributed by atoms with Gasteiger partial charge in [-0.2, -0.15) is 0 Å². The van der Waals surface area contributed by atoms with Crippen molar-refractivity contribution in [3.8, 4) is 46.0 Å². The van der Waals surface area contributed by atoms with Gasteiger partial charge in [-0.25, -0.2) is 0 Å². The molecule has 5 aliphatic carbocycles. The number of rotatable bonds is 24. The number of fused-ring (bicyclic) bond motifs is 8. The minimum absolute atomic E-state index is 0.126. The van der Waals surface area contributed by atoms with Crippen molar-refractivity contribution in [3.63, 3.8) is 0 Å². The summed E-state index contributed by atoms with van der Waals surface area (Å²) in [7, 11) is -6.47. The van der Waals surface area contributed by atoms with Gasteiger partial charge < -0.3 is 37.0 Å². The number of esters is 4. The molecule has 0 aliphatic heterocycles. The second kappa shape index (κ2) is 39.8. The van der Waals surface area contributed by atoms with E-state index in [1.807, 2.05) is 158 Å². The van der Waals surface area contributed by atoms with Gasteiger partial charge >= 0.3 is 23.9 Å². The summed E-state index contributed by atoms with van der Waals surface area (Å²) in [6.45, 7) is 0. The quantitative estimate of drug-likeness (QED) is 0.0323. The summed E-state index contributed by atoms with van der Waals surface area (Å²) in [6, 6.07) is 98.8. The Hall–Kier alpha value is -10.6. The largest absolute Gasteiger partial charge is 0.464 e. The van der Waals surface area contributed by atoms with Crippen molar-refractivity contribution in [1.29, 1.82) is 0 Å². The second-order valence-electron chi connectivity index (χ2n) is 32.2. The number of ether oxygens (including phenoxy) is 4. The molecule has 0 amide bonds. The molecule has 0 aromatic heterocycles. The monoisotopic (exact) mass is 1660 g/mol. The van der Waals surface area contributed by atoms with Gasteiger partial charge in [-0.15, -0.1) is 0 Å². The van der Waals surface area contributed by atoms with Crippen molar-refractivity contribution in [2.45, 2.75) is 154 Å². The molecule has 8 bridgehead atoms. The number of hydrogen-bond donors (Lipinski definition) is 0. The third-order valence-corrected chi connectivity index (χ3v) is 31.4. The highest BCUT2D eigenvalue weighted by Gasteiger charge is 2.35. The maximum Gasteiger partial charge on any atom is 0.314 e. The normalized spacial score (nSPS) is 15.5. The van der Waals surface area contributed by atoms with Crippen molar-refractivity contribution < 1.29 is 56.2 Å². The van der Waals surface area contributed by atoms with E-state index in [4.69, 9.17) is 37.0 Å². The molecular formula is C104H100O12P4. The summed E-state index contributed by atoms with van der Waals surface area (Å²) in [4.78, 5) is 61.3. The maximum absolute atomic E-state index is 15.3. The Kier molecular flexibility index (Phi) is 27.1. The lowest BCUT2D eigenvalue weighted by atomic mass is 9.89. The predicted octanol–water partition coefficient (Wildman–Crippen LogP) is 22.0. The molecule has 0 saturated heterocycles. The van der Waals surface area contributed by atoms with Crippen LogP contribution in [0.15, 0.2) is 291 Å². The van der Waals surface area contributed by atoms with Crippen molar-refractivity contribution in [1.82, 2.24) is 0 Å². The van der Waals surface area contributed by atoms with Crippen LogP contribution in [-0.2, 0) is 44.9 Å². The van der Waals surface area contributed by atoms with Crippen LogP contribution in [0.1, 0.15) is 173 Å². The van der Waals surface area contributed by atoms with Gasteiger partial charge in [0.2, 0.25) is 0 Å². The summed E-state index contributed by atoms with van der Waals surface area (Å²) in [5.74, 6) is 0.443. The van der Waals surface area contributed by atoms with Gasteiger partial charge in [-0.3, -0.25) is 19.2 Å². The van der Waals surface area contributed by atoms with Crippen LogP contribution >= 0.6 is 32.6 Å². The zero-order chi connectivity index (χ0) is 81.4. The summed E-state index contributed by atoms with van der Waals surface area (Å²) in [5, 5.41) is 7.81. The van der Waals surface area contributed by atoms with Crippen LogP contribution in [0, 0.1) is 23.7 Å². The number of carbonyl (C=O) groups excluding carboxylic acids is 4. The van der Waals surface area contributed by atoms with E-state index in [0.29, 0.717) is 96.6 Å². The first-order chi connectivity index (χ1) is 59.1. The smallest absolute Gasteiger partial charge is 0.314 e. The first-order valence-corrected chi connectivity index (χ1v) is 48.0. The van der Waals surface area contributed by atoms with E-state index in [1.54, 1.807) is 12.1 Å². The topological polar surface area (TPSA) is 142 Å². The lowest BCUT2D eigenvalue weighted by Crippen LogP contribution is -2.25. The first kappa shape index (κ1) is 81.8. The molecule has 17 rings (SSSR count). The van der Waals surface area contributed by atoms with Gasteiger partial charge in [-0.05, 0) is 120 Å². The van der Waals surface area contributed by atoms with Gasteiger partial charge in [-0.1, -0.05) is 320 Å². The number of benzene rings is 12. The van der Waals surface area contributed by atoms with Gasteiger partial charge in [0.05, 0.1) is 23.7 Å². The third-order valence-electron chi connectivity index (χ3n) is 23.8. The van der Waals surface area contributed by atoms with E-state index in [1.165, 1.54) is 0 Å².